The van der Waals surface area contributed by atoms with E-state index in [2.05, 4.69) is 18.8 Å². The standard InChI is InChI=1S/C22H24N2O4S/c1-14(2)16-6-8-17(9-7-16)28-13-20(25)23-22-24(12-21(26)27-4)18-10-5-15(3)11-19(18)29-22/h5-11,14H,12-13H2,1-4H3. The van der Waals surface area contributed by atoms with Crippen LogP contribution in [0.5, 0.6) is 5.75 Å². The van der Waals surface area contributed by atoms with Gasteiger partial charge >= 0.3 is 5.97 Å². The topological polar surface area (TPSA) is 69.9 Å². The number of hydrogen-bond donors (Lipinski definition) is 0. The van der Waals surface area contributed by atoms with Gasteiger partial charge in [-0.15, -0.1) is 0 Å². The Labute approximate surface area is 173 Å². The molecule has 6 nitrogen and oxygen atoms in total. The summed E-state index contributed by atoms with van der Waals surface area (Å²) in [5.74, 6) is 0.232. The van der Waals surface area contributed by atoms with Crippen molar-refractivity contribution >= 4 is 33.4 Å². The highest BCUT2D eigenvalue weighted by Gasteiger charge is 2.12. The van der Waals surface area contributed by atoms with Crippen LogP contribution >= 0.6 is 11.3 Å². The monoisotopic (exact) mass is 412 g/mol. The second kappa shape index (κ2) is 9.05. The van der Waals surface area contributed by atoms with E-state index in [0.717, 1.165) is 15.8 Å². The summed E-state index contributed by atoms with van der Waals surface area (Å²) in [7, 11) is 1.34. The molecule has 1 amide bonds. The molecule has 0 N–H and O–H groups in total. The summed E-state index contributed by atoms with van der Waals surface area (Å²) in [5, 5.41) is 0. The fraction of sp³-hybridized carbons (Fsp3) is 0.318. The minimum atomic E-state index is -0.417. The van der Waals surface area contributed by atoms with Gasteiger partial charge in [0, 0.05) is 0 Å². The second-order valence-corrected chi connectivity index (χ2v) is 8.05. The predicted octanol–water partition coefficient (Wildman–Crippen LogP) is 3.81. The highest BCUT2D eigenvalue weighted by molar-refractivity contribution is 7.16. The van der Waals surface area contributed by atoms with E-state index in [1.54, 1.807) is 4.57 Å². The molecule has 1 aromatic heterocycles. The number of ether oxygens (including phenoxy) is 2. The van der Waals surface area contributed by atoms with E-state index >= 15 is 0 Å². The van der Waals surface area contributed by atoms with Gasteiger partial charge in [-0.05, 0) is 48.2 Å². The molecule has 0 saturated carbocycles. The molecule has 1 heterocycles. The maximum atomic E-state index is 12.4. The lowest BCUT2D eigenvalue weighted by atomic mass is 10.0. The fourth-order valence-corrected chi connectivity index (χ4v) is 3.99. The SMILES string of the molecule is COC(=O)Cn1c(=NC(=O)COc2ccc(C(C)C)cc2)sc2cc(C)ccc21. The van der Waals surface area contributed by atoms with E-state index < -0.39 is 11.9 Å². The number of hydrogen-bond acceptors (Lipinski definition) is 5. The van der Waals surface area contributed by atoms with Gasteiger partial charge in [-0.25, -0.2) is 0 Å². The second-order valence-electron chi connectivity index (χ2n) is 7.04. The van der Waals surface area contributed by atoms with E-state index in [0.29, 0.717) is 16.5 Å². The zero-order valence-electron chi connectivity index (χ0n) is 17.0. The zero-order chi connectivity index (χ0) is 21.0. The first-order chi connectivity index (χ1) is 13.9. The number of methoxy groups -OCH3 is 1. The summed E-state index contributed by atoms with van der Waals surface area (Å²) < 4.78 is 13.0. The zero-order valence-corrected chi connectivity index (χ0v) is 17.8. The van der Waals surface area contributed by atoms with Crippen molar-refractivity contribution < 1.29 is 19.1 Å². The number of carbonyl (C=O) groups excluding carboxylic acids is 2. The Morgan fingerprint density at radius 1 is 1.14 bits per heavy atom. The van der Waals surface area contributed by atoms with Crippen LogP contribution in [0.1, 0.15) is 30.9 Å². The Balaban J connectivity index is 1.83. The van der Waals surface area contributed by atoms with Crippen LogP contribution < -0.4 is 9.54 Å². The number of rotatable bonds is 6. The number of thiazole rings is 1. The molecule has 0 saturated heterocycles. The third-order valence-electron chi connectivity index (χ3n) is 4.48. The number of aryl methyl sites for hydroxylation is 1. The van der Waals surface area contributed by atoms with Gasteiger partial charge < -0.3 is 14.0 Å². The smallest absolute Gasteiger partial charge is 0.325 e. The number of amides is 1. The lowest BCUT2D eigenvalue weighted by Gasteiger charge is -2.07. The minimum absolute atomic E-state index is 0.0107. The average molecular weight is 413 g/mol. The summed E-state index contributed by atoms with van der Waals surface area (Å²) in [6.07, 6.45) is 0. The minimum Gasteiger partial charge on any atom is -0.484 e. The number of esters is 1. The van der Waals surface area contributed by atoms with E-state index in [1.807, 2.05) is 49.4 Å². The molecule has 2 aromatic carbocycles. The summed E-state index contributed by atoms with van der Waals surface area (Å²) in [5.41, 5.74) is 3.13. The molecule has 3 aromatic rings. The molecule has 0 spiro atoms. The van der Waals surface area contributed by atoms with E-state index in [4.69, 9.17) is 9.47 Å². The molecule has 7 heteroatoms. The number of fused-ring (bicyclic) bond motifs is 1. The molecule has 3 rings (SSSR count). The largest absolute Gasteiger partial charge is 0.484 e. The van der Waals surface area contributed by atoms with Crippen molar-refractivity contribution in [3.63, 3.8) is 0 Å². The molecular weight excluding hydrogens is 388 g/mol. The van der Waals surface area contributed by atoms with Gasteiger partial charge in [-0.3, -0.25) is 9.59 Å². The van der Waals surface area contributed by atoms with E-state index in [9.17, 15) is 9.59 Å². The average Bonchev–Trinajstić information content (AvgIpc) is 3.02. The first-order valence-corrected chi connectivity index (χ1v) is 10.2. The van der Waals surface area contributed by atoms with Crippen molar-refractivity contribution in [1.82, 2.24) is 4.57 Å². The summed E-state index contributed by atoms with van der Waals surface area (Å²) in [4.78, 5) is 28.8. The fourth-order valence-electron chi connectivity index (χ4n) is 2.85. The summed E-state index contributed by atoms with van der Waals surface area (Å²) in [6, 6.07) is 13.5. The number of carbonyl (C=O) groups is 2. The van der Waals surface area contributed by atoms with Crippen molar-refractivity contribution in [2.45, 2.75) is 33.2 Å². The molecule has 0 unspecified atom stereocenters. The Hall–Kier alpha value is -2.93. The predicted molar refractivity (Wildman–Crippen MR) is 113 cm³/mol. The van der Waals surface area contributed by atoms with Gasteiger partial charge in [0.05, 0.1) is 17.3 Å². The van der Waals surface area contributed by atoms with Gasteiger partial charge in [0.25, 0.3) is 5.91 Å². The molecule has 0 bridgehead atoms. The van der Waals surface area contributed by atoms with Crippen LogP contribution in [0.2, 0.25) is 0 Å². The number of nitrogens with zero attached hydrogens (tertiary/aromatic N) is 2. The maximum absolute atomic E-state index is 12.4. The van der Waals surface area contributed by atoms with Crippen LogP contribution in [0.3, 0.4) is 0 Å². The van der Waals surface area contributed by atoms with Crippen LogP contribution in [0.15, 0.2) is 47.5 Å². The third-order valence-corrected chi connectivity index (χ3v) is 5.52. The summed E-state index contributed by atoms with van der Waals surface area (Å²) in [6.45, 7) is 6.04. The molecule has 0 radical (unpaired) electrons. The summed E-state index contributed by atoms with van der Waals surface area (Å²) >= 11 is 1.36. The van der Waals surface area contributed by atoms with Crippen molar-refractivity contribution in [3.05, 3.63) is 58.4 Å². The van der Waals surface area contributed by atoms with Gasteiger partial charge in [-0.1, -0.05) is 43.4 Å². The maximum Gasteiger partial charge on any atom is 0.325 e. The molecule has 0 atom stereocenters. The van der Waals surface area contributed by atoms with E-state index in [1.165, 1.54) is 24.0 Å². The highest BCUT2D eigenvalue weighted by atomic mass is 32.1. The first-order valence-electron chi connectivity index (χ1n) is 9.34. The normalized spacial score (nSPS) is 11.8. The van der Waals surface area contributed by atoms with E-state index in [-0.39, 0.29) is 13.2 Å². The van der Waals surface area contributed by atoms with Crippen molar-refractivity contribution in [2.24, 2.45) is 4.99 Å². The Morgan fingerprint density at radius 2 is 1.86 bits per heavy atom. The van der Waals surface area contributed by atoms with Gasteiger partial charge in [0.15, 0.2) is 11.4 Å². The Bertz CT molecular complexity index is 1090. The van der Waals surface area contributed by atoms with Crippen molar-refractivity contribution in [2.75, 3.05) is 13.7 Å². The van der Waals surface area contributed by atoms with Gasteiger partial charge in [-0.2, -0.15) is 4.99 Å². The Kier molecular flexibility index (Phi) is 6.49. The van der Waals surface area contributed by atoms with Crippen LogP contribution in [0.25, 0.3) is 10.2 Å². The van der Waals surface area contributed by atoms with Crippen molar-refractivity contribution in [1.29, 1.82) is 0 Å². The lowest BCUT2D eigenvalue weighted by Crippen LogP contribution is -2.23. The number of aromatic nitrogens is 1. The lowest BCUT2D eigenvalue weighted by molar-refractivity contribution is -0.141. The van der Waals surface area contributed by atoms with Crippen LogP contribution in [0, 0.1) is 6.92 Å². The highest BCUT2D eigenvalue weighted by Crippen LogP contribution is 2.20. The first kappa shape index (κ1) is 20.8. The van der Waals surface area contributed by atoms with Crippen LogP contribution in [0.4, 0.5) is 0 Å². The molecule has 0 aliphatic carbocycles. The Morgan fingerprint density at radius 3 is 2.52 bits per heavy atom. The van der Waals surface area contributed by atoms with Gasteiger partial charge in [0.1, 0.15) is 12.3 Å². The molecular formula is C22H24N2O4S. The molecule has 0 fully saturated rings. The number of benzene rings is 2. The van der Waals surface area contributed by atoms with Gasteiger partial charge in [0.2, 0.25) is 0 Å². The van der Waals surface area contributed by atoms with Crippen LogP contribution in [-0.2, 0) is 20.9 Å². The molecule has 29 heavy (non-hydrogen) atoms. The quantitative estimate of drug-likeness (QED) is 0.577. The molecule has 152 valence electrons. The molecule has 0 aliphatic rings. The third kappa shape index (κ3) is 5.12. The molecule has 0 aliphatic heterocycles. The van der Waals surface area contributed by atoms with Crippen LogP contribution in [-0.4, -0.2) is 30.2 Å². The van der Waals surface area contributed by atoms with Crippen molar-refractivity contribution in [3.8, 4) is 5.75 Å².